The fourth-order valence-corrected chi connectivity index (χ4v) is 5.04. The lowest BCUT2D eigenvalue weighted by Crippen LogP contribution is -2.42. The Morgan fingerprint density at radius 3 is 2.47 bits per heavy atom. The van der Waals surface area contributed by atoms with Crippen LogP contribution in [0.25, 0.3) is 11.2 Å². The molecule has 0 N–H and O–H groups in total. The van der Waals surface area contributed by atoms with Gasteiger partial charge in [-0.2, -0.15) is 4.98 Å². The number of fused-ring (bicyclic) bond motifs is 3. The van der Waals surface area contributed by atoms with Gasteiger partial charge in [0.25, 0.3) is 5.56 Å². The molecule has 1 aliphatic carbocycles. The lowest BCUT2D eigenvalue weighted by Gasteiger charge is -2.37. The van der Waals surface area contributed by atoms with Crippen LogP contribution >= 0.6 is 0 Å². The molecular formula is C23H29N5O2. The molecule has 7 nitrogen and oxygen atoms in total. The zero-order valence-corrected chi connectivity index (χ0v) is 17.8. The molecule has 3 aromatic rings. The summed E-state index contributed by atoms with van der Waals surface area (Å²) in [7, 11) is 1.72. The molecule has 1 aliphatic heterocycles. The summed E-state index contributed by atoms with van der Waals surface area (Å²) in [5.41, 5.74) is 2.61. The lowest BCUT2D eigenvalue weighted by molar-refractivity contribution is 0.391. The van der Waals surface area contributed by atoms with Gasteiger partial charge in [0.15, 0.2) is 11.2 Å². The minimum Gasteiger partial charge on any atom is -0.339 e. The number of nitrogens with zero attached hydrogens (tertiary/aromatic N) is 5. The second-order valence-electron chi connectivity index (χ2n) is 8.79. The molecule has 0 bridgehead atoms. The van der Waals surface area contributed by atoms with E-state index in [1.807, 2.05) is 31.2 Å². The molecule has 158 valence electrons. The van der Waals surface area contributed by atoms with Crippen molar-refractivity contribution in [2.75, 3.05) is 11.4 Å². The number of imidazole rings is 1. The van der Waals surface area contributed by atoms with Gasteiger partial charge in [0, 0.05) is 26.2 Å². The van der Waals surface area contributed by atoms with E-state index in [4.69, 9.17) is 4.98 Å². The van der Waals surface area contributed by atoms with E-state index in [-0.39, 0.29) is 17.8 Å². The SMILES string of the molecule is Cc1ccc(Cn2c(=O)c3c(nc4n3CCCN4C3CCCCC3)n(C)c2=O)cc1. The molecule has 0 spiro atoms. The predicted octanol–water partition coefficient (Wildman–Crippen LogP) is 2.80. The summed E-state index contributed by atoms with van der Waals surface area (Å²) in [6, 6.07) is 8.45. The summed E-state index contributed by atoms with van der Waals surface area (Å²) in [6.07, 6.45) is 7.17. The summed E-state index contributed by atoms with van der Waals surface area (Å²) in [6.45, 7) is 4.04. The number of hydrogen-bond acceptors (Lipinski definition) is 4. The van der Waals surface area contributed by atoms with Crippen LogP contribution in [-0.2, 0) is 20.1 Å². The van der Waals surface area contributed by atoms with Crippen molar-refractivity contribution in [1.82, 2.24) is 18.7 Å². The van der Waals surface area contributed by atoms with Crippen molar-refractivity contribution in [3.8, 4) is 0 Å². The molecule has 0 unspecified atom stereocenters. The quantitative estimate of drug-likeness (QED) is 0.670. The smallest absolute Gasteiger partial charge is 0.332 e. The van der Waals surface area contributed by atoms with E-state index < -0.39 is 0 Å². The maximum Gasteiger partial charge on any atom is 0.332 e. The van der Waals surface area contributed by atoms with E-state index in [1.165, 1.54) is 41.2 Å². The van der Waals surface area contributed by atoms with Crippen LogP contribution in [0.1, 0.15) is 49.7 Å². The molecule has 30 heavy (non-hydrogen) atoms. The highest BCUT2D eigenvalue weighted by Crippen LogP contribution is 2.31. The number of benzene rings is 1. The van der Waals surface area contributed by atoms with E-state index >= 15 is 0 Å². The first-order valence-electron chi connectivity index (χ1n) is 11.1. The fourth-order valence-electron chi connectivity index (χ4n) is 5.04. The van der Waals surface area contributed by atoms with Gasteiger partial charge in [-0.15, -0.1) is 0 Å². The van der Waals surface area contributed by atoms with Crippen LogP contribution in [0.5, 0.6) is 0 Å². The number of hydrogen-bond donors (Lipinski definition) is 0. The Hall–Kier alpha value is -2.83. The number of rotatable bonds is 3. The number of aryl methyl sites for hydroxylation is 3. The number of anilines is 1. The Bertz CT molecular complexity index is 1200. The third kappa shape index (κ3) is 3.07. The van der Waals surface area contributed by atoms with Crippen LogP contribution in [0.3, 0.4) is 0 Å². The normalized spacial score (nSPS) is 17.5. The second-order valence-corrected chi connectivity index (χ2v) is 8.79. The second kappa shape index (κ2) is 7.45. The van der Waals surface area contributed by atoms with Crippen molar-refractivity contribution in [3.63, 3.8) is 0 Å². The summed E-state index contributed by atoms with van der Waals surface area (Å²) in [4.78, 5) is 33.7. The molecule has 0 atom stereocenters. The van der Waals surface area contributed by atoms with Gasteiger partial charge < -0.3 is 9.47 Å². The summed E-state index contributed by atoms with van der Waals surface area (Å²) in [5, 5.41) is 0. The highest BCUT2D eigenvalue weighted by Gasteiger charge is 2.30. The van der Waals surface area contributed by atoms with Gasteiger partial charge in [0.05, 0.1) is 6.54 Å². The van der Waals surface area contributed by atoms with Crippen LogP contribution in [0.15, 0.2) is 33.9 Å². The fraction of sp³-hybridized carbons (Fsp3) is 0.522. The van der Waals surface area contributed by atoms with Crippen molar-refractivity contribution < 1.29 is 0 Å². The van der Waals surface area contributed by atoms with Crippen LogP contribution in [0.4, 0.5) is 5.95 Å². The van der Waals surface area contributed by atoms with Crippen molar-refractivity contribution in [2.24, 2.45) is 7.05 Å². The van der Waals surface area contributed by atoms with Crippen molar-refractivity contribution in [1.29, 1.82) is 0 Å². The standard InChI is InChI=1S/C23H29N5O2/c1-16-9-11-17(12-10-16)15-28-21(29)19-20(25(2)23(28)30)24-22-26(13-6-14-27(19)22)18-7-4-3-5-8-18/h9-12,18H,3-8,13-15H2,1-2H3. The molecule has 0 radical (unpaired) electrons. The molecule has 1 saturated carbocycles. The number of aromatic nitrogens is 4. The third-order valence-electron chi connectivity index (χ3n) is 6.73. The Morgan fingerprint density at radius 2 is 1.73 bits per heavy atom. The molecule has 2 aliphatic rings. The summed E-state index contributed by atoms with van der Waals surface area (Å²) >= 11 is 0. The minimum absolute atomic E-state index is 0.238. The van der Waals surface area contributed by atoms with Crippen LogP contribution in [0.2, 0.25) is 0 Å². The van der Waals surface area contributed by atoms with E-state index in [2.05, 4.69) is 9.47 Å². The lowest BCUT2D eigenvalue weighted by atomic mass is 9.94. The van der Waals surface area contributed by atoms with Gasteiger partial charge >= 0.3 is 5.69 Å². The van der Waals surface area contributed by atoms with Gasteiger partial charge in [0.2, 0.25) is 5.95 Å². The van der Waals surface area contributed by atoms with Crippen LogP contribution in [0, 0.1) is 6.92 Å². The van der Waals surface area contributed by atoms with Crippen LogP contribution < -0.4 is 16.1 Å². The Morgan fingerprint density at radius 1 is 1.00 bits per heavy atom. The Kier molecular flexibility index (Phi) is 4.76. The van der Waals surface area contributed by atoms with E-state index in [0.717, 1.165) is 36.6 Å². The molecule has 1 aromatic carbocycles. The first kappa shape index (κ1) is 19.2. The van der Waals surface area contributed by atoms with Gasteiger partial charge in [-0.1, -0.05) is 49.1 Å². The molecule has 3 heterocycles. The molecule has 7 heteroatoms. The Balaban J connectivity index is 1.64. The monoisotopic (exact) mass is 407 g/mol. The maximum absolute atomic E-state index is 13.5. The minimum atomic E-state index is -0.312. The molecule has 1 fully saturated rings. The zero-order chi connectivity index (χ0) is 20.8. The largest absolute Gasteiger partial charge is 0.339 e. The first-order chi connectivity index (χ1) is 14.5. The van der Waals surface area contributed by atoms with Crippen molar-refractivity contribution >= 4 is 17.1 Å². The average Bonchev–Trinajstić information content (AvgIpc) is 3.17. The molecular weight excluding hydrogens is 378 g/mol. The van der Waals surface area contributed by atoms with Crippen molar-refractivity contribution in [3.05, 3.63) is 56.2 Å². The summed E-state index contributed by atoms with van der Waals surface area (Å²) < 4.78 is 4.94. The van der Waals surface area contributed by atoms with E-state index in [9.17, 15) is 9.59 Å². The molecule has 0 saturated heterocycles. The molecule has 0 amide bonds. The summed E-state index contributed by atoms with van der Waals surface area (Å²) in [5.74, 6) is 0.864. The van der Waals surface area contributed by atoms with Gasteiger partial charge in [-0.25, -0.2) is 4.79 Å². The predicted molar refractivity (Wildman–Crippen MR) is 118 cm³/mol. The van der Waals surface area contributed by atoms with Gasteiger partial charge in [0.1, 0.15) is 0 Å². The van der Waals surface area contributed by atoms with E-state index in [1.54, 1.807) is 7.05 Å². The van der Waals surface area contributed by atoms with Gasteiger partial charge in [-0.05, 0) is 31.7 Å². The maximum atomic E-state index is 13.5. The average molecular weight is 408 g/mol. The molecule has 5 rings (SSSR count). The van der Waals surface area contributed by atoms with Crippen LogP contribution in [-0.4, -0.2) is 31.3 Å². The third-order valence-corrected chi connectivity index (χ3v) is 6.73. The van der Waals surface area contributed by atoms with E-state index in [0.29, 0.717) is 17.2 Å². The van der Waals surface area contributed by atoms with Gasteiger partial charge in [-0.3, -0.25) is 13.9 Å². The van der Waals surface area contributed by atoms with Crippen molar-refractivity contribution in [2.45, 2.75) is 64.6 Å². The zero-order valence-electron chi connectivity index (χ0n) is 17.8. The highest BCUT2D eigenvalue weighted by molar-refractivity contribution is 5.75. The highest BCUT2D eigenvalue weighted by atomic mass is 16.2. The first-order valence-corrected chi connectivity index (χ1v) is 11.1. The topological polar surface area (TPSA) is 65.1 Å². The molecule has 2 aromatic heterocycles. The Labute approximate surface area is 175 Å².